The van der Waals surface area contributed by atoms with E-state index in [0.717, 1.165) is 17.5 Å². The van der Waals surface area contributed by atoms with Gasteiger partial charge in [-0.05, 0) is 36.1 Å². The van der Waals surface area contributed by atoms with Gasteiger partial charge in [-0.25, -0.2) is 0 Å². The van der Waals surface area contributed by atoms with E-state index in [9.17, 15) is 0 Å². The van der Waals surface area contributed by atoms with Crippen LogP contribution < -0.4 is 5.73 Å². The number of hydrogen-bond acceptors (Lipinski definition) is 2. The molecule has 78 valence electrons. The number of nitrogens with zero attached hydrogens (tertiary/aromatic N) is 1. The summed E-state index contributed by atoms with van der Waals surface area (Å²) in [6.45, 7) is 0. The second-order valence-electron chi connectivity index (χ2n) is 3.97. The van der Waals surface area contributed by atoms with Gasteiger partial charge in [-0.2, -0.15) is 5.26 Å². The first-order valence-corrected chi connectivity index (χ1v) is 5.47. The molecule has 0 saturated carbocycles. The van der Waals surface area contributed by atoms with E-state index in [2.05, 4.69) is 6.07 Å². The number of rotatable bonds is 0. The maximum Gasteiger partial charge on any atom is 0.108 e. The third kappa shape index (κ3) is 1.96. The Morgan fingerprint density at radius 3 is 2.80 bits per heavy atom. The van der Waals surface area contributed by atoms with Crippen LogP contribution in [0.15, 0.2) is 12.1 Å². The van der Waals surface area contributed by atoms with Crippen molar-refractivity contribution in [3.05, 3.63) is 33.3 Å². The van der Waals surface area contributed by atoms with Crippen LogP contribution in [0.4, 0.5) is 0 Å². The van der Waals surface area contributed by atoms with Crippen LogP contribution in [0.1, 0.15) is 17.5 Å². The summed E-state index contributed by atoms with van der Waals surface area (Å²) < 4.78 is 0. The van der Waals surface area contributed by atoms with Crippen molar-refractivity contribution in [1.29, 1.82) is 5.26 Å². The third-order valence-corrected chi connectivity index (χ3v) is 3.36. The van der Waals surface area contributed by atoms with E-state index in [0.29, 0.717) is 22.9 Å². The summed E-state index contributed by atoms with van der Waals surface area (Å²) in [7, 11) is 0. The van der Waals surface area contributed by atoms with E-state index in [4.69, 9.17) is 34.2 Å². The van der Waals surface area contributed by atoms with E-state index in [1.165, 1.54) is 0 Å². The van der Waals surface area contributed by atoms with Gasteiger partial charge in [0.15, 0.2) is 0 Å². The molecule has 2 N–H and O–H groups in total. The molecule has 0 spiro atoms. The van der Waals surface area contributed by atoms with E-state index < -0.39 is 5.54 Å². The second kappa shape index (κ2) is 3.68. The van der Waals surface area contributed by atoms with Crippen LogP contribution >= 0.6 is 23.2 Å². The van der Waals surface area contributed by atoms with Gasteiger partial charge in [-0.3, -0.25) is 0 Å². The lowest BCUT2D eigenvalue weighted by Gasteiger charge is -2.29. The summed E-state index contributed by atoms with van der Waals surface area (Å²) in [6, 6.07) is 5.75. The first-order valence-electron chi connectivity index (χ1n) is 4.71. The average Bonchev–Trinajstić information content (AvgIpc) is 2.20. The average molecular weight is 241 g/mol. The first-order chi connectivity index (χ1) is 7.04. The highest BCUT2D eigenvalue weighted by molar-refractivity contribution is 6.35. The number of hydrogen-bond donors (Lipinski definition) is 1. The number of fused-ring (bicyclic) bond motifs is 1. The highest BCUT2D eigenvalue weighted by atomic mass is 35.5. The molecule has 0 saturated heterocycles. The fourth-order valence-electron chi connectivity index (χ4n) is 1.93. The van der Waals surface area contributed by atoms with Gasteiger partial charge in [0.1, 0.15) is 5.54 Å². The van der Waals surface area contributed by atoms with Crippen molar-refractivity contribution in [3.8, 4) is 6.07 Å². The number of benzene rings is 1. The van der Waals surface area contributed by atoms with Crippen LogP contribution in [0.2, 0.25) is 10.0 Å². The Labute approximate surface area is 98.6 Å². The smallest absolute Gasteiger partial charge is 0.108 e. The summed E-state index contributed by atoms with van der Waals surface area (Å²) >= 11 is 12.0. The lowest BCUT2D eigenvalue weighted by molar-refractivity contribution is 0.470. The maximum atomic E-state index is 8.98. The summed E-state index contributed by atoms with van der Waals surface area (Å²) in [4.78, 5) is 0. The maximum absolute atomic E-state index is 8.98. The van der Waals surface area contributed by atoms with Gasteiger partial charge >= 0.3 is 0 Å². The van der Waals surface area contributed by atoms with Crippen LogP contribution in [-0.4, -0.2) is 5.54 Å². The highest BCUT2D eigenvalue weighted by Crippen LogP contribution is 2.34. The van der Waals surface area contributed by atoms with Gasteiger partial charge < -0.3 is 5.73 Å². The van der Waals surface area contributed by atoms with Crippen molar-refractivity contribution in [2.24, 2.45) is 5.73 Å². The van der Waals surface area contributed by atoms with Crippen molar-refractivity contribution >= 4 is 23.2 Å². The lowest BCUT2D eigenvalue weighted by Crippen LogP contribution is -2.43. The minimum absolute atomic E-state index is 0.509. The Morgan fingerprint density at radius 1 is 1.40 bits per heavy atom. The predicted molar refractivity (Wildman–Crippen MR) is 61.0 cm³/mol. The van der Waals surface area contributed by atoms with Gasteiger partial charge in [0.25, 0.3) is 0 Å². The minimum Gasteiger partial charge on any atom is -0.313 e. The van der Waals surface area contributed by atoms with Crippen molar-refractivity contribution in [1.82, 2.24) is 0 Å². The molecule has 0 fully saturated rings. The Morgan fingerprint density at radius 2 is 2.13 bits per heavy atom. The van der Waals surface area contributed by atoms with E-state index in [1.54, 1.807) is 6.07 Å². The Balaban J connectivity index is 2.47. The molecule has 1 unspecified atom stereocenters. The number of nitrogens with two attached hydrogens (primary N) is 1. The molecule has 1 aliphatic rings. The second-order valence-corrected chi connectivity index (χ2v) is 4.81. The zero-order valence-corrected chi connectivity index (χ0v) is 9.57. The normalized spacial score (nSPS) is 24.4. The van der Waals surface area contributed by atoms with Crippen molar-refractivity contribution in [2.75, 3.05) is 0 Å². The summed E-state index contributed by atoms with van der Waals surface area (Å²) in [5.41, 5.74) is 7.24. The molecule has 0 heterocycles. The first kappa shape index (κ1) is 10.8. The van der Waals surface area contributed by atoms with Gasteiger partial charge in [-0.1, -0.05) is 23.2 Å². The van der Waals surface area contributed by atoms with Crippen LogP contribution in [0.5, 0.6) is 0 Å². The molecule has 15 heavy (non-hydrogen) atoms. The molecule has 0 aliphatic heterocycles. The zero-order valence-electron chi connectivity index (χ0n) is 8.06. The number of halogens is 2. The van der Waals surface area contributed by atoms with Crippen molar-refractivity contribution in [2.45, 2.75) is 24.8 Å². The number of nitriles is 1. The molecule has 1 atom stereocenters. The molecular formula is C11H10Cl2N2. The molecule has 0 radical (unpaired) electrons. The molecule has 0 amide bonds. The monoisotopic (exact) mass is 240 g/mol. The molecule has 4 heteroatoms. The van der Waals surface area contributed by atoms with Gasteiger partial charge in [0.2, 0.25) is 0 Å². The molecular weight excluding hydrogens is 231 g/mol. The fraction of sp³-hybridized carbons (Fsp3) is 0.364. The minimum atomic E-state index is -0.773. The topological polar surface area (TPSA) is 49.8 Å². The molecule has 1 aromatic rings. The molecule has 2 rings (SSSR count). The molecule has 2 nitrogen and oxygen atoms in total. The van der Waals surface area contributed by atoms with Crippen LogP contribution in [0.3, 0.4) is 0 Å². The fourth-order valence-corrected chi connectivity index (χ4v) is 2.54. The Bertz CT molecular complexity index is 451. The van der Waals surface area contributed by atoms with Crippen LogP contribution in [-0.2, 0) is 12.8 Å². The van der Waals surface area contributed by atoms with Crippen molar-refractivity contribution in [3.63, 3.8) is 0 Å². The predicted octanol–water partition coefficient (Wildman–Crippen LogP) is 2.70. The molecule has 0 bridgehead atoms. The summed E-state index contributed by atoms with van der Waals surface area (Å²) in [6.07, 6.45) is 1.93. The SMILES string of the molecule is N#CC1(N)CCc2cc(Cl)cc(Cl)c2C1. The van der Waals surface area contributed by atoms with Gasteiger partial charge in [0.05, 0.1) is 6.07 Å². The Hall–Kier alpha value is -0.750. The quantitative estimate of drug-likeness (QED) is 0.759. The lowest BCUT2D eigenvalue weighted by atomic mass is 9.79. The summed E-state index contributed by atoms with van der Waals surface area (Å²) in [5.74, 6) is 0. The van der Waals surface area contributed by atoms with Gasteiger partial charge in [-0.15, -0.1) is 0 Å². The zero-order chi connectivity index (χ0) is 11.1. The standard InChI is InChI=1S/C11H10Cl2N2/c12-8-3-7-1-2-11(15,6-14)5-9(7)10(13)4-8/h3-4H,1-2,5,15H2. The highest BCUT2D eigenvalue weighted by Gasteiger charge is 2.31. The van der Waals surface area contributed by atoms with Crippen LogP contribution in [0, 0.1) is 11.3 Å². The van der Waals surface area contributed by atoms with Crippen LogP contribution in [0.25, 0.3) is 0 Å². The molecule has 0 aromatic heterocycles. The number of aryl methyl sites for hydroxylation is 1. The van der Waals surface area contributed by atoms with E-state index in [1.807, 2.05) is 6.07 Å². The van der Waals surface area contributed by atoms with E-state index in [-0.39, 0.29) is 0 Å². The van der Waals surface area contributed by atoms with E-state index >= 15 is 0 Å². The molecule has 1 aromatic carbocycles. The molecule has 1 aliphatic carbocycles. The summed E-state index contributed by atoms with van der Waals surface area (Å²) in [5, 5.41) is 10.2. The largest absolute Gasteiger partial charge is 0.313 e. The Kier molecular flexibility index (Phi) is 2.64. The van der Waals surface area contributed by atoms with Gasteiger partial charge in [0, 0.05) is 16.5 Å². The third-order valence-electron chi connectivity index (χ3n) is 2.81. The van der Waals surface area contributed by atoms with Crippen molar-refractivity contribution < 1.29 is 0 Å².